The summed E-state index contributed by atoms with van der Waals surface area (Å²) in [5.74, 6) is 0.148. The van der Waals surface area contributed by atoms with Crippen molar-refractivity contribution in [2.45, 2.75) is 0 Å². The first-order chi connectivity index (χ1) is 4.79. The first kappa shape index (κ1) is 8.70. The fourth-order valence-electron chi connectivity index (χ4n) is 0.459. The van der Waals surface area contributed by atoms with E-state index in [9.17, 15) is 0 Å². The molecule has 0 rings (SSSR count). The molecule has 0 fully saturated rings. The molecule has 58 valence electrons. The minimum Gasteiger partial charge on any atom is -0.409 e. The van der Waals surface area contributed by atoms with Crippen LogP contribution in [-0.2, 0) is 0 Å². The quantitative estimate of drug-likeness (QED) is 0.153. The SMILES string of the molecule is CN=C(NC)/C(=N/O)NO. The molecule has 10 heavy (non-hydrogen) atoms. The van der Waals surface area contributed by atoms with Crippen LogP contribution in [0, 0.1) is 0 Å². The van der Waals surface area contributed by atoms with Crippen molar-refractivity contribution in [2.24, 2.45) is 10.1 Å². The Labute approximate surface area is 58.2 Å². The van der Waals surface area contributed by atoms with E-state index in [1.807, 2.05) is 0 Å². The van der Waals surface area contributed by atoms with Crippen molar-refractivity contribution in [3.05, 3.63) is 0 Å². The highest BCUT2D eigenvalue weighted by molar-refractivity contribution is 6.39. The van der Waals surface area contributed by atoms with Gasteiger partial charge in [-0.15, -0.1) is 0 Å². The highest BCUT2D eigenvalue weighted by Crippen LogP contribution is 1.73. The maximum Gasteiger partial charge on any atom is 0.231 e. The molecule has 0 atom stereocenters. The second kappa shape index (κ2) is 4.57. The molecule has 0 aliphatic carbocycles. The Hall–Kier alpha value is -1.30. The number of aliphatic imine (C=N–C) groups is 1. The van der Waals surface area contributed by atoms with Crippen LogP contribution in [-0.4, -0.2) is 36.2 Å². The average Bonchev–Trinajstić information content (AvgIpc) is 2.00. The molecule has 0 saturated heterocycles. The first-order valence-corrected chi connectivity index (χ1v) is 2.57. The Morgan fingerprint density at radius 2 is 2.00 bits per heavy atom. The second-order valence-electron chi connectivity index (χ2n) is 1.38. The molecule has 6 nitrogen and oxygen atoms in total. The Balaban J connectivity index is 4.27. The number of hydrogen-bond donors (Lipinski definition) is 4. The molecule has 0 amide bonds. The smallest absolute Gasteiger partial charge is 0.231 e. The predicted molar refractivity (Wildman–Crippen MR) is 36.6 cm³/mol. The summed E-state index contributed by atoms with van der Waals surface area (Å²) in [6, 6.07) is 0. The number of hydroxylamine groups is 1. The number of likely N-dealkylation sites (N-methyl/N-ethyl adjacent to an activating group) is 1. The van der Waals surface area contributed by atoms with E-state index in [2.05, 4.69) is 15.5 Å². The van der Waals surface area contributed by atoms with Gasteiger partial charge in [-0.1, -0.05) is 5.16 Å². The van der Waals surface area contributed by atoms with Crippen molar-refractivity contribution < 1.29 is 10.4 Å². The van der Waals surface area contributed by atoms with E-state index < -0.39 is 0 Å². The lowest BCUT2D eigenvalue weighted by Crippen LogP contribution is -2.36. The molecular formula is C4H10N4O2. The molecule has 0 aromatic rings. The van der Waals surface area contributed by atoms with Crippen molar-refractivity contribution in [3.63, 3.8) is 0 Å². The molecule has 0 aromatic carbocycles. The van der Waals surface area contributed by atoms with Crippen molar-refractivity contribution in [1.82, 2.24) is 10.8 Å². The summed E-state index contributed by atoms with van der Waals surface area (Å²) in [6.45, 7) is 0. The summed E-state index contributed by atoms with van der Waals surface area (Å²) in [5, 5.41) is 21.8. The van der Waals surface area contributed by atoms with E-state index in [0.29, 0.717) is 0 Å². The number of rotatable bonds is 0. The standard InChI is InChI=1S/C4H10N4O2/c1-5-3(6-2)4(7-9)8-10/h9-10H,1-2H3,(H,5,6)(H,7,8). The van der Waals surface area contributed by atoms with Crippen LogP contribution in [0.4, 0.5) is 0 Å². The van der Waals surface area contributed by atoms with Gasteiger partial charge in [-0.2, -0.15) is 0 Å². The second-order valence-corrected chi connectivity index (χ2v) is 1.38. The van der Waals surface area contributed by atoms with Gasteiger partial charge >= 0.3 is 0 Å². The minimum atomic E-state index is -0.120. The van der Waals surface area contributed by atoms with Gasteiger partial charge in [-0.05, 0) is 0 Å². The van der Waals surface area contributed by atoms with Crippen LogP contribution < -0.4 is 10.8 Å². The summed E-state index contributed by atoms with van der Waals surface area (Å²) in [5.41, 5.74) is 1.66. The van der Waals surface area contributed by atoms with Gasteiger partial charge in [0.05, 0.1) is 0 Å². The van der Waals surface area contributed by atoms with Crippen LogP contribution in [0.15, 0.2) is 10.1 Å². The summed E-state index contributed by atoms with van der Waals surface area (Å²) in [7, 11) is 3.08. The molecule has 6 heteroatoms. The van der Waals surface area contributed by atoms with Gasteiger partial charge in [0.15, 0.2) is 5.84 Å². The Bertz CT molecular complexity index is 135. The third kappa shape index (κ3) is 1.90. The molecule has 0 bridgehead atoms. The lowest BCUT2D eigenvalue weighted by molar-refractivity contribution is 0.225. The number of amidine groups is 2. The van der Waals surface area contributed by atoms with Crippen molar-refractivity contribution in [1.29, 1.82) is 0 Å². The maximum atomic E-state index is 8.30. The summed E-state index contributed by atoms with van der Waals surface area (Å²) < 4.78 is 0. The molecule has 0 radical (unpaired) electrons. The lowest BCUT2D eigenvalue weighted by atomic mass is 10.5. The number of oxime groups is 1. The van der Waals surface area contributed by atoms with Crippen LogP contribution >= 0.6 is 0 Å². The molecule has 0 heterocycles. The molecule has 4 N–H and O–H groups in total. The highest BCUT2D eigenvalue weighted by atomic mass is 16.5. The number of nitrogens with zero attached hydrogens (tertiary/aromatic N) is 2. The highest BCUT2D eigenvalue weighted by Gasteiger charge is 2.03. The van der Waals surface area contributed by atoms with Crippen molar-refractivity contribution >= 4 is 11.7 Å². The Morgan fingerprint density at radius 3 is 2.10 bits per heavy atom. The normalized spacial score (nSPS) is 13.1. The van der Waals surface area contributed by atoms with Gasteiger partial charge in [-0.3, -0.25) is 10.2 Å². The fraction of sp³-hybridized carbons (Fsp3) is 0.500. The molecular weight excluding hydrogens is 136 g/mol. The number of nitrogens with one attached hydrogen (secondary N) is 2. The van der Waals surface area contributed by atoms with Crippen LogP contribution in [0.1, 0.15) is 0 Å². The minimum absolute atomic E-state index is 0.120. The molecule has 0 spiro atoms. The average molecular weight is 146 g/mol. The van der Waals surface area contributed by atoms with Gasteiger partial charge in [0.1, 0.15) is 0 Å². The first-order valence-electron chi connectivity index (χ1n) is 2.57. The molecule has 0 saturated carbocycles. The summed E-state index contributed by atoms with van der Waals surface area (Å²) in [6.07, 6.45) is 0. The molecule has 0 unspecified atom stereocenters. The summed E-state index contributed by atoms with van der Waals surface area (Å²) in [4.78, 5) is 3.64. The van der Waals surface area contributed by atoms with E-state index >= 15 is 0 Å². The van der Waals surface area contributed by atoms with Gasteiger partial charge in [0.2, 0.25) is 5.84 Å². The largest absolute Gasteiger partial charge is 0.409 e. The zero-order valence-corrected chi connectivity index (χ0v) is 5.79. The van der Waals surface area contributed by atoms with Crippen molar-refractivity contribution in [2.75, 3.05) is 14.1 Å². The van der Waals surface area contributed by atoms with Gasteiger partial charge in [0.25, 0.3) is 0 Å². The van der Waals surface area contributed by atoms with Gasteiger partial charge in [0, 0.05) is 14.1 Å². The molecule has 0 aliphatic rings. The van der Waals surface area contributed by atoms with E-state index in [4.69, 9.17) is 10.4 Å². The Morgan fingerprint density at radius 1 is 1.40 bits per heavy atom. The Kier molecular flexibility index (Phi) is 3.97. The van der Waals surface area contributed by atoms with E-state index in [1.54, 1.807) is 12.5 Å². The van der Waals surface area contributed by atoms with Crippen LogP contribution in [0.25, 0.3) is 0 Å². The molecule has 0 aromatic heterocycles. The van der Waals surface area contributed by atoms with E-state index in [-0.39, 0.29) is 11.7 Å². The lowest BCUT2D eigenvalue weighted by Gasteiger charge is -2.03. The van der Waals surface area contributed by atoms with Gasteiger partial charge < -0.3 is 10.5 Å². The topological polar surface area (TPSA) is 89.2 Å². The maximum absolute atomic E-state index is 8.30. The predicted octanol–water partition coefficient (Wildman–Crippen LogP) is -0.999. The van der Waals surface area contributed by atoms with Crippen molar-refractivity contribution in [3.8, 4) is 0 Å². The third-order valence-electron chi connectivity index (χ3n) is 0.891. The monoisotopic (exact) mass is 146 g/mol. The van der Waals surface area contributed by atoms with E-state index in [1.165, 1.54) is 7.05 Å². The third-order valence-corrected chi connectivity index (χ3v) is 0.891. The zero-order chi connectivity index (χ0) is 7.98. The zero-order valence-electron chi connectivity index (χ0n) is 5.79. The van der Waals surface area contributed by atoms with Crippen LogP contribution in [0.2, 0.25) is 0 Å². The fourth-order valence-corrected chi connectivity index (χ4v) is 0.459. The molecule has 0 aliphatic heterocycles. The number of hydrogen-bond acceptors (Lipinski definition) is 4. The van der Waals surface area contributed by atoms with Gasteiger partial charge in [-0.25, -0.2) is 5.48 Å². The summed E-state index contributed by atoms with van der Waals surface area (Å²) >= 11 is 0. The van der Waals surface area contributed by atoms with Crippen LogP contribution in [0.3, 0.4) is 0 Å². The van der Waals surface area contributed by atoms with Crippen LogP contribution in [0.5, 0.6) is 0 Å². The van der Waals surface area contributed by atoms with E-state index in [0.717, 1.165) is 0 Å².